The second-order valence-electron chi connectivity index (χ2n) is 14.9. The lowest BCUT2D eigenvalue weighted by atomic mass is 9.81. The summed E-state index contributed by atoms with van der Waals surface area (Å²) in [6.07, 6.45) is 0. The third kappa shape index (κ3) is 4.53. The zero-order valence-corrected chi connectivity index (χ0v) is 30.0. The van der Waals surface area contributed by atoms with Gasteiger partial charge in [0.1, 0.15) is 0 Å². The fraction of sp³-hybridized carbons (Fsp3) is 0.0600. The van der Waals surface area contributed by atoms with Crippen LogP contribution in [0.15, 0.2) is 170 Å². The molecule has 0 saturated heterocycles. The van der Waals surface area contributed by atoms with Crippen LogP contribution in [-0.2, 0) is 5.41 Å². The zero-order chi connectivity index (χ0) is 36.0. The Morgan fingerprint density at radius 3 is 1.69 bits per heavy atom. The van der Waals surface area contributed by atoms with Crippen molar-refractivity contribution in [1.82, 2.24) is 19.5 Å². The lowest BCUT2D eigenvalue weighted by Crippen LogP contribution is -2.15. The number of nitrogens with zero attached hydrogens (tertiary/aromatic N) is 4. The SMILES string of the molecule is CC1(C)c2cc3ccccc3cc2-c2cc3c4ccccc4n(-c4cccc5c(-c6nc(-c7ccccc7)nc(-c7ccccc7)n6)cccc45)c3cc21. The van der Waals surface area contributed by atoms with Crippen molar-refractivity contribution in [1.29, 1.82) is 0 Å². The Kier molecular flexibility index (Phi) is 6.56. The van der Waals surface area contributed by atoms with Gasteiger partial charge in [-0.25, -0.2) is 15.0 Å². The number of rotatable bonds is 4. The molecule has 0 saturated carbocycles. The molecule has 4 nitrogen and oxygen atoms in total. The summed E-state index contributed by atoms with van der Waals surface area (Å²) in [5.74, 6) is 1.96. The van der Waals surface area contributed by atoms with Crippen LogP contribution in [0.2, 0.25) is 0 Å². The molecule has 0 fully saturated rings. The van der Waals surface area contributed by atoms with Gasteiger partial charge in [-0.1, -0.05) is 147 Å². The van der Waals surface area contributed by atoms with Crippen LogP contribution in [0.4, 0.5) is 0 Å². The lowest BCUT2D eigenvalue weighted by molar-refractivity contribution is 0.662. The molecule has 4 heteroatoms. The van der Waals surface area contributed by atoms with Crippen molar-refractivity contribution in [3.8, 4) is 51.0 Å². The third-order valence-corrected chi connectivity index (χ3v) is 11.4. The summed E-state index contributed by atoms with van der Waals surface area (Å²) in [6, 6.07) is 60.7. The Morgan fingerprint density at radius 2 is 0.944 bits per heavy atom. The Morgan fingerprint density at radius 1 is 0.389 bits per heavy atom. The summed E-state index contributed by atoms with van der Waals surface area (Å²) >= 11 is 0. The minimum Gasteiger partial charge on any atom is -0.309 e. The van der Waals surface area contributed by atoms with Crippen LogP contribution in [-0.4, -0.2) is 19.5 Å². The molecule has 0 N–H and O–H groups in total. The smallest absolute Gasteiger partial charge is 0.164 e. The number of para-hydroxylation sites is 1. The van der Waals surface area contributed by atoms with Gasteiger partial charge in [-0.3, -0.25) is 0 Å². The maximum absolute atomic E-state index is 5.11. The van der Waals surface area contributed by atoms with Gasteiger partial charge < -0.3 is 4.57 Å². The van der Waals surface area contributed by atoms with E-state index in [1.54, 1.807) is 0 Å². The fourth-order valence-corrected chi connectivity index (χ4v) is 8.75. The van der Waals surface area contributed by atoms with Gasteiger partial charge in [-0.2, -0.15) is 0 Å². The van der Waals surface area contributed by atoms with Crippen molar-refractivity contribution < 1.29 is 0 Å². The molecule has 0 amide bonds. The maximum atomic E-state index is 5.11. The van der Waals surface area contributed by atoms with Crippen LogP contribution in [0.1, 0.15) is 25.0 Å². The highest BCUT2D eigenvalue weighted by molar-refractivity contribution is 6.13. The van der Waals surface area contributed by atoms with Crippen LogP contribution in [0, 0.1) is 0 Å². The Balaban J connectivity index is 1.15. The van der Waals surface area contributed by atoms with E-state index < -0.39 is 0 Å². The normalized spacial score (nSPS) is 13.1. The van der Waals surface area contributed by atoms with Gasteiger partial charge in [-0.05, 0) is 74.8 Å². The van der Waals surface area contributed by atoms with Crippen LogP contribution < -0.4 is 0 Å². The summed E-state index contributed by atoms with van der Waals surface area (Å²) in [7, 11) is 0. The molecule has 254 valence electrons. The molecule has 11 rings (SSSR count). The molecule has 1 aliphatic rings. The topological polar surface area (TPSA) is 43.6 Å². The highest BCUT2D eigenvalue weighted by Crippen LogP contribution is 2.52. The van der Waals surface area contributed by atoms with Crippen molar-refractivity contribution in [2.45, 2.75) is 19.3 Å². The molecule has 0 aliphatic heterocycles. The van der Waals surface area contributed by atoms with Crippen molar-refractivity contribution in [2.75, 3.05) is 0 Å². The third-order valence-electron chi connectivity index (χ3n) is 11.4. The van der Waals surface area contributed by atoms with Crippen LogP contribution >= 0.6 is 0 Å². The van der Waals surface area contributed by atoms with E-state index in [-0.39, 0.29) is 5.41 Å². The highest BCUT2D eigenvalue weighted by Gasteiger charge is 2.37. The number of fused-ring (bicyclic) bond motifs is 8. The number of benzene rings is 8. The summed E-state index contributed by atoms with van der Waals surface area (Å²) in [6.45, 7) is 4.75. The van der Waals surface area contributed by atoms with E-state index in [2.05, 4.69) is 152 Å². The van der Waals surface area contributed by atoms with E-state index in [0.29, 0.717) is 17.5 Å². The predicted octanol–water partition coefficient (Wildman–Crippen LogP) is 12.6. The van der Waals surface area contributed by atoms with Crippen molar-refractivity contribution in [2.24, 2.45) is 0 Å². The molecule has 0 atom stereocenters. The highest BCUT2D eigenvalue weighted by atomic mass is 15.0. The molecule has 54 heavy (non-hydrogen) atoms. The predicted molar refractivity (Wildman–Crippen MR) is 223 cm³/mol. The van der Waals surface area contributed by atoms with E-state index in [1.165, 1.54) is 54.8 Å². The number of aromatic nitrogens is 4. The van der Waals surface area contributed by atoms with Crippen molar-refractivity contribution >= 4 is 43.4 Å². The van der Waals surface area contributed by atoms with Crippen LogP contribution in [0.25, 0.3) is 94.3 Å². The standard InChI is InChI=1S/C50H34N4/c1-50(2)42-28-34-20-10-9-19-33(34)27-39(42)40-29-41-37-21-11-12-25-44(37)54(46(41)30-43(40)50)45-26-14-22-35-36(45)23-13-24-38(35)49-52-47(31-15-5-3-6-16-31)51-48(53-49)32-17-7-4-8-18-32/h3-30H,1-2H3. The van der Waals surface area contributed by atoms with Gasteiger partial charge in [0.25, 0.3) is 0 Å². The van der Waals surface area contributed by atoms with E-state index >= 15 is 0 Å². The number of hydrogen-bond donors (Lipinski definition) is 0. The molecule has 0 radical (unpaired) electrons. The molecule has 10 aromatic rings. The fourth-order valence-electron chi connectivity index (χ4n) is 8.75. The van der Waals surface area contributed by atoms with Crippen LogP contribution in [0.3, 0.4) is 0 Å². The first-order valence-electron chi connectivity index (χ1n) is 18.5. The van der Waals surface area contributed by atoms with Gasteiger partial charge in [0.2, 0.25) is 0 Å². The van der Waals surface area contributed by atoms with E-state index in [0.717, 1.165) is 33.2 Å². The van der Waals surface area contributed by atoms with Gasteiger partial charge in [0.05, 0.1) is 16.7 Å². The first-order valence-corrected chi connectivity index (χ1v) is 18.5. The first kappa shape index (κ1) is 30.7. The average molecular weight is 691 g/mol. The van der Waals surface area contributed by atoms with E-state index in [4.69, 9.17) is 15.0 Å². The zero-order valence-electron chi connectivity index (χ0n) is 30.0. The molecule has 0 spiro atoms. The largest absolute Gasteiger partial charge is 0.309 e. The van der Waals surface area contributed by atoms with E-state index in [1.807, 2.05) is 36.4 Å². The van der Waals surface area contributed by atoms with Gasteiger partial charge >= 0.3 is 0 Å². The molecule has 0 unspecified atom stereocenters. The molecule has 2 heterocycles. The quantitative estimate of drug-likeness (QED) is 0.185. The molecule has 1 aliphatic carbocycles. The van der Waals surface area contributed by atoms with Gasteiger partial charge in [0.15, 0.2) is 17.5 Å². The maximum Gasteiger partial charge on any atom is 0.164 e. The minimum atomic E-state index is -0.151. The Hall–Kier alpha value is -6.91. The van der Waals surface area contributed by atoms with Gasteiger partial charge in [0, 0.05) is 38.3 Å². The van der Waals surface area contributed by atoms with Crippen molar-refractivity contribution in [3.63, 3.8) is 0 Å². The average Bonchev–Trinajstić information content (AvgIpc) is 3.66. The summed E-state index contributed by atoms with van der Waals surface area (Å²) < 4.78 is 2.46. The lowest BCUT2D eigenvalue weighted by Gasteiger charge is -2.22. The molecular weight excluding hydrogens is 657 g/mol. The summed E-state index contributed by atoms with van der Waals surface area (Å²) in [5, 5.41) is 7.28. The monoisotopic (exact) mass is 690 g/mol. The summed E-state index contributed by atoms with van der Waals surface area (Å²) in [5.41, 5.74) is 11.6. The first-order chi connectivity index (χ1) is 26.5. The minimum absolute atomic E-state index is 0.151. The molecular formula is C50H34N4. The second-order valence-corrected chi connectivity index (χ2v) is 14.9. The Labute approximate surface area is 313 Å². The molecule has 8 aromatic carbocycles. The van der Waals surface area contributed by atoms with Crippen molar-refractivity contribution in [3.05, 3.63) is 181 Å². The van der Waals surface area contributed by atoms with E-state index in [9.17, 15) is 0 Å². The number of hydrogen-bond acceptors (Lipinski definition) is 3. The van der Waals surface area contributed by atoms with Gasteiger partial charge in [-0.15, -0.1) is 0 Å². The van der Waals surface area contributed by atoms with Crippen LogP contribution in [0.5, 0.6) is 0 Å². The summed E-state index contributed by atoms with van der Waals surface area (Å²) in [4.78, 5) is 15.2. The second kappa shape index (κ2) is 11.5. The molecule has 0 bridgehead atoms. The Bertz CT molecular complexity index is 3060. The molecule has 2 aromatic heterocycles.